The van der Waals surface area contributed by atoms with Crippen molar-refractivity contribution in [1.29, 1.82) is 0 Å². The van der Waals surface area contributed by atoms with Crippen molar-refractivity contribution < 1.29 is 14.1 Å². The second kappa shape index (κ2) is 5.58. The first kappa shape index (κ1) is 14.4. The Balaban J connectivity index is 2.30. The molecule has 21 heavy (non-hydrogen) atoms. The minimum atomic E-state index is -0.669. The molecule has 1 amide bonds. The number of halogens is 1. The highest BCUT2D eigenvalue weighted by Gasteiger charge is 2.18. The van der Waals surface area contributed by atoms with Crippen LogP contribution in [0.1, 0.15) is 10.4 Å². The lowest BCUT2D eigenvalue weighted by atomic mass is 10.1. The van der Waals surface area contributed by atoms with Crippen LogP contribution < -0.4 is 10.6 Å². The molecule has 0 fully saturated rings. The van der Waals surface area contributed by atoms with Crippen molar-refractivity contribution in [2.24, 2.45) is 0 Å². The predicted molar refractivity (Wildman–Crippen MR) is 76.6 cm³/mol. The molecular formula is C14H12FN3O3. The first-order chi connectivity index (χ1) is 9.91. The normalized spacial score (nSPS) is 10.2. The van der Waals surface area contributed by atoms with Gasteiger partial charge in [0.15, 0.2) is 0 Å². The van der Waals surface area contributed by atoms with Crippen molar-refractivity contribution >= 4 is 23.0 Å². The van der Waals surface area contributed by atoms with Gasteiger partial charge in [0.05, 0.1) is 16.2 Å². The Morgan fingerprint density at radius 1 is 1.24 bits per heavy atom. The first-order valence-electron chi connectivity index (χ1n) is 5.98. The van der Waals surface area contributed by atoms with Crippen LogP contribution in [0.2, 0.25) is 0 Å². The van der Waals surface area contributed by atoms with Crippen LogP contribution in [-0.4, -0.2) is 17.9 Å². The minimum absolute atomic E-state index is 0.0378. The van der Waals surface area contributed by atoms with Crippen LogP contribution in [0, 0.1) is 15.9 Å². The Hall–Kier alpha value is -2.96. The third kappa shape index (κ3) is 2.81. The summed E-state index contributed by atoms with van der Waals surface area (Å²) in [4.78, 5) is 23.6. The van der Waals surface area contributed by atoms with Gasteiger partial charge in [-0.2, -0.15) is 0 Å². The SMILES string of the molecule is CN(C(=O)c1cccc(F)c1N)c1ccc([N+](=O)[O-])cc1. The quantitative estimate of drug-likeness (QED) is 0.534. The molecule has 6 nitrogen and oxygen atoms in total. The molecular weight excluding hydrogens is 277 g/mol. The molecule has 0 bridgehead atoms. The number of rotatable bonds is 3. The maximum atomic E-state index is 13.4. The van der Waals surface area contributed by atoms with Gasteiger partial charge in [0.2, 0.25) is 0 Å². The molecule has 0 unspecified atom stereocenters. The van der Waals surface area contributed by atoms with Crippen molar-refractivity contribution in [3.8, 4) is 0 Å². The van der Waals surface area contributed by atoms with E-state index in [-0.39, 0.29) is 16.9 Å². The molecule has 0 aliphatic carbocycles. The van der Waals surface area contributed by atoms with Gasteiger partial charge in [0.1, 0.15) is 5.82 Å². The molecule has 0 heterocycles. The number of carbonyl (C=O) groups is 1. The van der Waals surface area contributed by atoms with Crippen molar-refractivity contribution in [1.82, 2.24) is 0 Å². The lowest BCUT2D eigenvalue weighted by Gasteiger charge is -2.18. The van der Waals surface area contributed by atoms with Crippen LogP contribution in [-0.2, 0) is 0 Å². The summed E-state index contributed by atoms with van der Waals surface area (Å²) >= 11 is 0. The number of non-ortho nitro benzene ring substituents is 1. The molecule has 108 valence electrons. The molecule has 2 aromatic rings. The number of nitro benzene ring substituents is 1. The van der Waals surface area contributed by atoms with Gasteiger partial charge in [0, 0.05) is 24.9 Å². The van der Waals surface area contributed by atoms with Gasteiger partial charge in [-0.1, -0.05) is 6.07 Å². The van der Waals surface area contributed by atoms with E-state index in [2.05, 4.69) is 0 Å². The van der Waals surface area contributed by atoms with E-state index in [1.165, 1.54) is 48.3 Å². The standard InChI is InChI=1S/C14H12FN3O3/c1-17(9-5-7-10(8-6-9)18(20)21)14(19)11-3-2-4-12(15)13(11)16/h2-8H,16H2,1H3. The summed E-state index contributed by atoms with van der Waals surface area (Å²) in [5.41, 5.74) is 5.72. The van der Waals surface area contributed by atoms with Gasteiger partial charge in [-0.15, -0.1) is 0 Å². The summed E-state index contributed by atoms with van der Waals surface area (Å²) in [6.07, 6.45) is 0. The lowest BCUT2D eigenvalue weighted by Crippen LogP contribution is -2.27. The van der Waals surface area contributed by atoms with Crippen LogP contribution >= 0.6 is 0 Å². The van der Waals surface area contributed by atoms with Crippen LogP contribution in [0.5, 0.6) is 0 Å². The number of benzene rings is 2. The third-order valence-electron chi connectivity index (χ3n) is 3.04. The number of hydrogen-bond acceptors (Lipinski definition) is 4. The highest BCUT2D eigenvalue weighted by atomic mass is 19.1. The number of para-hydroxylation sites is 1. The fourth-order valence-corrected chi connectivity index (χ4v) is 1.82. The summed E-state index contributed by atoms with van der Waals surface area (Å²) in [5.74, 6) is -1.17. The first-order valence-corrected chi connectivity index (χ1v) is 5.98. The third-order valence-corrected chi connectivity index (χ3v) is 3.04. The number of carbonyl (C=O) groups excluding carboxylic acids is 1. The fourth-order valence-electron chi connectivity index (χ4n) is 1.82. The van der Waals surface area contributed by atoms with Crippen molar-refractivity contribution in [2.75, 3.05) is 17.7 Å². The average Bonchev–Trinajstić information content (AvgIpc) is 2.48. The zero-order valence-electron chi connectivity index (χ0n) is 11.1. The van der Waals surface area contributed by atoms with Gasteiger partial charge < -0.3 is 10.6 Å². The number of hydrogen-bond donors (Lipinski definition) is 1. The largest absolute Gasteiger partial charge is 0.396 e. The maximum absolute atomic E-state index is 13.4. The van der Waals surface area contributed by atoms with Crippen LogP contribution in [0.15, 0.2) is 42.5 Å². The van der Waals surface area contributed by atoms with E-state index in [0.29, 0.717) is 5.69 Å². The van der Waals surface area contributed by atoms with Crippen LogP contribution in [0.4, 0.5) is 21.5 Å². The Morgan fingerprint density at radius 3 is 2.43 bits per heavy atom. The molecule has 0 aliphatic heterocycles. The number of nitrogens with zero attached hydrogens (tertiary/aromatic N) is 2. The number of nitrogens with two attached hydrogens (primary N) is 1. The average molecular weight is 289 g/mol. The monoisotopic (exact) mass is 289 g/mol. The predicted octanol–water partition coefficient (Wildman–Crippen LogP) is 2.59. The lowest BCUT2D eigenvalue weighted by molar-refractivity contribution is -0.384. The zero-order valence-corrected chi connectivity index (χ0v) is 11.1. The molecule has 0 spiro atoms. The topological polar surface area (TPSA) is 89.5 Å². The summed E-state index contributed by atoms with van der Waals surface area (Å²) < 4.78 is 13.4. The van der Waals surface area contributed by atoms with Gasteiger partial charge in [-0.05, 0) is 24.3 Å². The zero-order chi connectivity index (χ0) is 15.6. The second-order valence-electron chi connectivity index (χ2n) is 4.34. The van der Waals surface area contributed by atoms with E-state index in [9.17, 15) is 19.3 Å². The van der Waals surface area contributed by atoms with Crippen molar-refractivity contribution in [3.05, 3.63) is 64.0 Å². The molecule has 7 heteroatoms. The van der Waals surface area contributed by atoms with E-state index in [1.54, 1.807) is 0 Å². The van der Waals surface area contributed by atoms with E-state index in [4.69, 9.17) is 5.73 Å². The Labute approximate surface area is 119 Å². The summed E-state index contributed by atoms with van der Waals surface area (Å²) in [7, 11) is 1.48. The molecule has 0 atom stereocenters. The minimum Gasteiger partial charge on any atom is -0.396 e. The van der Waals surface area contributed by atoms with Gasteiger partial charge >= 0.3 is 0 Å². The van der Waals surface area contributed by atoms with E-state index >= 15 is 0 Å². The molecule has 0 saturated carbocycles. The van der Waals surface area contributed by atoms with Crippen LogP contribution in [0.3, 0.4) is 0 Å². The van der Waals surface area contributed by atoms with Crippen molar-refractivity contribution in [3.63, 3.8) is 0 Å². The molecule has 2 aromatic carbocycles. The van der Waals surface area contributed by atoms with E-state index in [1.807, 2.05) is 0 Å². The Kier molecular flexibility index (Phi) is 3.84. The van der Waals surface area contributed by atoms with Crippen LogP contribution in [0.25, 0.3) is 0 Å². The Morgan fingerprint density at radius 2 is 1.86 bits per heavy atom. The van der Waals surface area contributed by atoms with Gasteiger partial charge in [0.25, 0.3) is 11.6 Å². The molecule has 2 N–H and O–H groups in total. The van der Waals surface area contributed by atoms with Crippen molar-refractivity contribution in [2.45, 2.75) is 0 Å². The number of nitrogen functional groups attached to an aromatic ring is 1. The van der Waals surface area contributed by atoms with Gasteiger partial charge in [-0.3, -0.25) is 14.9 Å². The second-order valence-corrected chi connectivity index (χ2v) is 4.34. The summed E-state index contributed by atoms with van der Waals surface area (Å²) in [6.45, 7) is 0. The smallest absolute Gasteiger partial charge is 0.269 e. The van der Waals surface area contributed by atoms with E-state index < -0.39 is 16.6 Å². The summed E-state index contributed by atoms with van der Waals surface area (Å²) in [6, 6.07) is 9.42. The highest BCUT2D eigenvalue weighted by molar-refractivity contribution is 6.09. The van der Waals surface area contributed by atoms with E-state index in [0.717, 1.165) is 6.07 Å². The maximum Gasteiger partial charge on any atom is 0.269 e. The molecule has 2 rings (SSSR count). The Bertz CT molecular complexity index is 701. The number of amides is 1. The molecule has 0 aliphatic rings. The molecule has 0 saturated heterocycles. The summed E-state index contributed by atoms with van der Waals surface area (Å²) in [5, 5.41) is 10.6. The number of nitro groups is 1. The molecule has 0 radical (unpaired) electrons. The fraction of sp³-hybridized carbons (Fsp3) is 0.0714. The number of anilines is 2. The highest BCUT2D eigenvalue weighted by Crippen LogP contribution is 2.23. The van der Waals surface area contributed by atoms with Gasteiger partial charge in [-0.25, -0.2) is 4.39 Å². The molecule has 0 aromatic heterocycles.